The number of hydrogen-bond donors (Lipinski definition) is 0. The second-order valence-electron chi connectivity index (χ2n) is 14.9. The summed E-state index contributed by atoms with van der Waals surface area (Å²) in [6, 6.07) is 74.3. The molecule has 9 aromatic carbocycles. The van der Waals surface area contributed by atoms with Gasteiger partial charge in [-0.1, -0.05) is 133 Å². The lowest BCUT2D eigenvalue weighted by molar-refractivity contribution is 0.671. The topological polar surface area (TPSA) is 21.3 Å². The minimum atomic E-state index is 0.901. The van der Waals surface area contributed by atoms with Gasteiger partial charge >= 0.3 is 0 Å². The summed E-state index contributed by atoms with van der Waals surface area (Å²) < 4.78 is 11.6. The zero-order valence-electron chi connectivity index (χ0n) is 31.3. The minimum absolute atomic E-state index is 0.901. The first-order valence-electron chi connectivity index (χ1n) is 19.7. The number of furan rings is 1. The SMILES string of the molecule is c1ccc(-c2ccc(N(c3ccc(-c4cccc5c4sc4ccccc45)cc3)c3ccc(-n4c5ccccc5c5ccc6c7ccccc7oc6c54)cc3)cc2)cc1. The second-order valence-corrected chi connectivity index (χ2v) is 15.9. The Morgan fingerprint density at radius 3 is 1.76 bits per heavy atom. The van der Waals surface area contributed by atoms with Crippen LogP contribution in [-0.4, -0.2) is 4.57 Å². The van der Waals surface area contributed by atoms with Gasteiger partial charge in [0.15, 0.2) is 5.58 Å². The molecule has 0 amide bonds. The molecule has 0 atom stereocenters. The van der Waals surface area contributed by atoms with E-state index in [2.05, 4.69) is 210 Å². The van der Waals surface area contributed by atoms with Crippen molar-refractivity contribution in [2.24, 2.45) is 0 Å². The average Bonchev–Trinajstić information content (AvgIpc) is 3.98. The van der Waals surface area contributed by atoms with Crippen molar-refractivity contribution in [1.82, 2.24) is 4.57 Å². The summed E-state index contributed by atoms with van der Waals surface area (Å²) in [5.74, 6) is 0. The second kappa shape index (κ2) is 13.1. The Bertz CT molecular complexity index is 3480. The highest BCUT2D eigenvalue weighted by molar-refractivity contribution is 7.26. The summed E-state index contributed by atoms with van der Waals surface area (Å²) in [6.45, 7) is 0. The van der Waals surface area contributed by atoms with E-state index >= 15 is 0 Å². The number of fused-ring (bicyclic) bond motifs is 10. The van der Waals surface area contributed by atoms with Gasteiger partial charge in [0.05, 0.1) is 11.0 Å². The van der Waals surface area contributed by atoms with Crippen LogP contribution in [0.3, 0.4) is 0 Å². The maximum absolute atomic E-state index is 6.63. The molecule has 0 saturated heterocycles. The van der Waals surface area contributed by atoms with Crippen molar-refractivity contribution < 1.29 is 4.42 Å². The van der Waals surface area contributed by atoms with Crippen LogP contribution in [0, 0.1) is 0 Å². The Balaban J connectivity index is 0.992. The number of nitrogens with zero attached hydrogens (tertiary/aromatic N) is 2. The molecule has 3 aromatic heterocycles. The van der Waals surface area contributed by atoms with E-state index in [0.29, 0.717) is 0 Å². The maximum Gasteiger partial charge on any atom is 0.160 e. The molecule has 0 aliphatic rings. The molecule has 58 heavy (non-hydrogen) atoms. The van der Waals surface area contributed by atoms with Crippen molar-refractivity contribution in [3.63, 3.8) is 0 Å². The lowest BCUT2D eigenvalue weighted by Gasteiger charge is -2.26. The summed E-state index contributed by atoms with van der Waals surface area (Å²) in [5.41, 5.74) is 13.2. The predicted molar refractivity (Wildman–Crippen MR) is 247 cm³/mol. The number of benzene rings is 9. The Morgan fingerprint density at radius 2 is 0.983 bits per heavy atom. The number of aromatic nitrogens is 1. The van der Waals surface area contributed by atoms with Crippen LogP contribution in [0.1, 0.15) is 0 Å². The standard InChI is InChI=1S/C54H34N2OS/c1-2-11-35(12-3-1)36-21-25-38(26-22-36)55(39-27-23-37(24-28-39)42-16-10-17-48-45-15-6-9-20-51(45)58-54(42)48)40-29-31-41(32-30-40)56-49-18-7-4-13-43(49)46-33-34-47-44-14-5-8-19-50(44)57-53(47)52(46)56/h1-34H. The summed E-state index contributed by atoms with van der Waals surface area (Å²) >= 11 is 1.87. The van der Waals surface area contributed by atoms with Crippen molar-refractivity contribution in [1.29, 1.82) is 0 Å². The van der Waals surface area contributed by atoms with Gasteiger partial charge in [-0.05, 0) is 95.1 Å². The number of thiophene rings is 1. The van der Waals surface area contributed by atoms with Gasteiger partial charge in [-0.15, -0.1) is 11.3 Å². The van der Waals surface area contributed by atoms with Crippen LogP contribution < -0.4 is 4.90 Å². The van der Waals surface area contributed by atoms with Crippen molar-refractivity contribution in [2.45, 2.75) is 0 Å². The molecule has 3 heterocycles. The molecule has 0 saturated carbocycles. The third kappa shape index (κ3) is 5.12. The van der Waals surface area contributed by atoms with Gasteiger partial charge in [0.1, 0.15) is 5.58 Å². The molecule has 272 valence electrons. The van der Waals surface area contributed by atoms with Gasteiger partial charge in [0.2, 0.25) is 0 Å². The van der Waals surface area contributed by atoms with Gasteiger partial charge in [0.25, 0.3) is 0 Å². The highest BCUT2D eigenvalue weighted by atomic mass is 32.1. The van der Waals surface area contributed by atoms with E-state index in [-0.39, 0.29) is 0 Å². The number of rotatable bonds is 6. The monoisotopic (exact) mass is 758 g/mol. The van der Waals surface area contributed by atoms with Crippen molar-refractivity contribution in [3.8, 4) is 27.9 Å². The number of anilines is 3. The lowest BCUT2D eigenvalue weighted by Crippen LogP contribution is -2.10. The fourth-order valence-corrected chi connectivity index (χ4v) is 10.1. The Labute approximate surface area is 338 Å². The molecule has 12 rings (SSSR count). The molecule has 0 spiro atoms. The highest BCUT2D eigenvalue weighted by Crippen LogP contribution is 2.43. The van der Waals surface area contributed by atoms with E-state index in [1.165, 1.54) is 53.2 Å². The molecule has 0 aliphatic carbocycles. The van der Waals surface area contributed by atoms with Crippen LogP contribution in [0.15, 0.2) is 211 Å². The maximum atomic E-state index is 6.63. The molecular weight excluding hydrogens is 725 g/mol. The first kappa shape index (κ1) is 32.8. The molecule has 0 unspecified atom stereocenters. The molecule has 12 aromatic rings. The van der Waals surface area contributed by atoms with Gasteiger partial charge in [-0.3, -0.25) is 0 Å². The van der Waals surface area contributed by atoms with Crippen molar-refractivity contribution in [2.75, 3.05) is 4.90 Å². The van der Waals surface area contributed by atoms with Gasteiger partial charge in [0, 0.05) is 64.5 Å². The minimum Gasteiger partial charge on any atom is -0.454 e. The third-order valence-corrected chi connectivity index (χ3v) is 12.8. The Hall–Kier alpha value is -7.40. The molecule has 0 radical (unpaired) electrons. The normalized spacial score (nSPS) is 11.8. The fraction of sp³-hybridized carbons (Fsp3) is 0. The third-order valence-electron chi connectivity index (χ3n) is 11.6. The molecule has 0 fully saturated rings. The summed E-state index contributed by atoms with van der Waals surface area (Å²) in [5, 5.41) is 7.27. The first-order valence-corrected chi connectivity index (χ1v) is 20.5. The first-order chi connectivity index (χ1) is 28.8. The molecule has 0 aliphatic heterocycles. The molecule has 3 nitrogen and oxygen atoms in total. The number of hydrogen-bond acceptors (Lipinski definition) is 3. The van der Waals surface area contributed by atoms with E-state index in [1.807, 2.05) is 17.4 Å². The Kier molecular flexibility index (Phi) is 7.40. The van der Waals surface area contributed by atoms with E-state index in [1.54, 1.807) is 0 Å². The predicted octanol–water partition coefficient (Wildman–Crippen LogP) is 15.9. The molecule has 0 N–H and O–H groups in total. The van der Waals surface area contributed by atoms with Crippen LogP contribution >= 0.6 is 11.3 Å². The van der Waals surface area contributed by atoms with Crippen LogP contribution in [0.25, 0.3) is 91.9 Å². The van der Waals surface area contributed by atoms with Crippen LogP contribution in [0.5, 0.6) is 0 Å². The van der Waals surface area contributed by atoms with Crippen LogP contribution in [0.2, 0.25) is 0 Å². The van der Waals surface area contributed by atoms with Gasteiger partial charge < -0.3 is 13.9 Å². The zero-order chi connectivity index (χ0) is 38.2. The van der Waals surface area contributed by atoms with Crippen LogP contribution in [0.4, 0.5) is 17.1 Å². The quantitative estimate of drug-likeness (QED) is 0.168. The molecular formula is C54H34N2OS. The summed E-state index contributed by atoms with van der Waals surface area (Å²) in [4.78, 5) is 2.35. The van der Waals surface area contributed by atoms with E-state index in [9.17, 15) is 0 Å². The van der Waals surface area contributed by atoms with Gasteiger partial charge in [-0.25, -0.2) is 0 Å². The summed E-state index contributed by atoms with van der Waals surface area (Å²) in [6.07, 6.45) is 0. The smallest absolute Gasteiger partial charge is 0.160 e. The number of para-hydroxylation sites is 2. The fourth-order valence-electron chi connectivity index (χ4n) is 8.90. The lowest BCUT2D eigenvalue weighted by atomic mass is 10.0. The zero-order valence-corrected chi connectivity index (χ0v) is 32.2. The average molecular weight is 759 g/mol. The van der Waals surface area contributed by atoms with E-state index < -0.39 is 0 Å². The van der Waals surface area contributed by atoms with Crippen molar-refractivity contribution in [3.05, 3.63) is 206 Å². The van der Waals surface area contributed by atoms with Crippen LogP contribution in [-0.2, 0) is 0 Å². The molecule has 0 bridgehead atoms. The largest absolute Gasteiger partial charge is 0.454 e. The van der Waals surface area contributed by atoms with Gasteiger partial charge in [-0.2, -0.15) is 0 Å². The Morgan fingerprint density at radius 1 is 0.397 bits per heavy atom. The molecule has 4 heteroatoms. The van der Waals surface area contributed by atoms with E-state index in [4.69, 9.17) is 4.42 Å². The highest BCUT2D eigenvalue weighted by Gasteiger charge is 2.20. The van der Waals surface area contributed by atoms with E-state index in [0.717, 1.165) is 55.7 Å². The van der Waals surface area contributed by atoms with Crippen molar-refractivity contribution >= 4 is 92.3 Å². The summed E-state index contributed by atoms with van der Waals surface area (Å²) in [7, 11) is 0.